The summed E-state index contributed by atoms with van der Waals surface area (Å²) < 4.78 is 1.90. The van der Waals surface area contributed by atoms with E-state index in [1.165, 1.54) is 17.7 Å². The molecule has 4 heteroatoms. The Morgan fingerprint density at radius 2 is 2.11 bits per heavy atom. The van der Waals surface area contributed by atoms with Gasteiger partial charge in [-0.3, -0.25) is 9.48 Å². The van der Waals surface area contributed by atoms with Gasteiger partial charge in [-0.15, -0.1) is 0 Å². The molecule has 1 aliphatic rings. The zero-order valence-corrected chi connectivity index (χ0v) is 12.6. The van der Waals surface area contributed by atoms with Gasteiger partial charge in [-0.25, -0.2) is 0 Å². The van der Waals surface area contributed by atoms with E-state index in [4.69, 9.17) is 0 Å². The smallest absolute Gasteiger partial charge is 0.223 e. The summed E-state index contributed by atoms with van der Waals surface area (Å²) in [5.74, 6) is 0.301. The highest BCUT2D eigenvalue weighted by atomic mass is 16.2. The van der Waals surface area contributed by atoms with Gasteiger partial charge in [-0.2, -0.15) is 5.10 Å². The van der Waals surface area contributed by atoms with Crippen LogP contribution in [0.25, 0.3) is 0 Å². The largest absolute Gasteiger partial charge is 0.340 e. The van der Waals surface area contributed by atoms with E-state index in [1.807, 2.05) is 18.7 Å². The molecule has 0 bridgehead atoms. The van der Waals surface area contributed by atoms with Gasteiger partial charge in [0.2, 0.25) is 5.91 Å². The van der Waals surface area contributed by atoms with E-state index in [2.05, 4.69) is 23.8 Å². The van der Waals surface area contributed by atoms with Crippen LogP contribution in [0.4, 0.5) is 0 Å². The van der Waals surface area contributed by atoms with Crippen molar-refractivity contribution in [2.24, 2.45) is 7.05 Å². The first-order valence-corrected chi connectivity index (χ1v) is 7.29. The number of aryl methyl sites for hydroxylation is 2. The number of aromatic nitrogens is 2. The Hall–Kier alpha value is -1.32. The van der Waals surface area contributed by atoms with Crippen molar-refractivity contribution in [2.75, 3.05) is 6.54 Å². The lowest BCUT2D eigenvalue weighted by atomic mass is 10.0. The highest BCUT2D eigenvalue weighted by molar-refractivity contribution is 5.77. The molecule has 0 saturated carbocycles. The first-order chi connectivity index (χ1) is 9.00. The Kier molecular flexibility index (Phi) is 4.27. The number of carbonyl (C=O) groups excluding carboxylic acids is 1. The van der Waals surface area contributed by atoms with Gasteiger partial charge in [-0.05, 0) is 52.0 Å². The van der Waals surface area contributed by atoms with Gasteiger partial charge < -0.3 is 4.90 Å². The van der Waals surface area contributed by atoms with Crippen LogP contribution in [0.3, 0.4) is 0 Å². The topological polar surface area (TPSA) is 38.1 Å². The number of nitrogens with zero attached hydrogens (tertiary/aromatic N) is 3. The lowest BCUT2D eigenvalue weighted by molar-refractivity contribution is -0.134. The number of piperidine rings is 1. The molecule has 1 unspecified atom stereocenters. The minimum atomic E-state index is 0.301. The van der Waals surface area contributed by atoms with Crippen molar-refractivity contribution in [3.05, 3.63) is 17.0 Å². The molecule has 0 aliphatic carbocycles. The molecule has 0 radical (unpaired) electrons. The van der Waals surface area contributed by atoms with Crippen LogP contribution in [0.15, 0.2) is 0 Å². The highest BCUT2D eigenvalue weighted by Gasteiger charge is 2.23. The predicted octanol–water partition coefficient (Wildman–Crippen LogP) is 2.37. The van der Waals surface area contributed by atoms with Crippen LogP contribution >= 0.6 is 0 Å². The maximum Gasteiger partial charge on any atom is 0.223 e. The average Bonchev–Trinajstić information content (AvgIpc) is 2.61. The van der Waals surface area contributed by atoms with Crippen LogP contribution in [0.2, 0.25) is 0 Å². The van der Waals surface area contributed by atoms with E-state index in [1.54, 1.807) is 0 Å². The summed E-state index contributed by atoms with van der Waals surface area (Å²) in [5, 5.41) is 4.41. The molecular weight excluding hydrogens is 238 g/mol. The van der Waals surface area contributed by atoms with Gasteiger partial charge in [0.25, 0.3) is 0 Å². The molecule has 1 saturated heterocycles. The summed E-state index contributed by atoms with van der Waals surface area (Å²) in [7, 11) is 1.96. The van der Waals surface area contributed by atoms with Gasteiger partial charge >= 0.3 is 0 Å². The van der Waals surface area contributed by atoms with Crippen LogP contribution in [0.1, 0.15) is 49.6 Å². The Labute approximate surface area is 115 Å². The maximum atomic E-state index is 12.3. The van der Waals surface area contributed by atoms with E-state index in [0.717, 1.165) is 31.5 Å². The average molecular weight is 263 g/mol. The highest BCUT2D eigenvalue weighted by Crippen LogP contribution is 2.19. The third kappa shape index (κ3) is 2.99. The molecule has 106 valence electrons. The van der Waals surface area contributed by atoms with Crippen molar-refractivity contribution in [2.45, 2.75) is 58.9 Å². The van der Waals surface area contributed by atoms with Gasteiger partial charge in [0.15, 0.2) is 0 Å². The Morgan fingerprint density at radius 1 is 1.37 bits per heavy atom. The number of carbonyl (C=O) groups is 1. The van der Waals surface area contributed by atoms with Crippen molar-refractivity contribution >= 4 is 5.91 Å². The molecule has 1 fully saturated rings. The van der Waals surface area contributed by atoms with E-state index in [0.29, 0.717) is 18.4 Å². The molecule has 0 N–H and O–H groups in total. The van der Waals surface area contributed by atoms with Gasteiger partial charge in [0, 0.05) is 31.7 Å². The van der Waals surface area contributed by atoms with Crippen molar-refractivity contribution in [1.82, 2.24) is 14.7 Å². The van der Waals surface area contributed by atoms with Crippen LogP contribution < -0.4 is 0 Å². The van der Waals surface area contributed by atoms with Crippen molar-refractivity contribution < 1.29 is 4.79 Å². The second-order valence-electron chi connectivity index (χ2n) is 5.70. The first-order valence-electron chi connectivity index (χ1n) is 7.29. The minimum Gasteiger partial charge on any atom is -0.340 e. The second kappa shape index (κ2) is 5.76. The molecule has 1 aromatic rings. The lowest BCUT2D eigenvalue weighted by Gasteiger charge is -2.33. The lowest BCUT2D eigenvalue weighted by Crippen LogP contribution is -2.42. The maximum absolute atomic E-state index is 12.3. The molecule has 0 spiro atoms. The predicted molar refractivity (Wildman–Crippen MR) is 76.0 cm³/mol. The van der Waals surface area contributed by atoms with Crippen molar-refractivity contribution in [3.63, 3.8) is 0 Å². The van der Waals surface area contributed by atoms with Crippen LogP contribution in [0, 0.1) is 13.8 Å². The molecule has 1 aliphatic heterocycles. The molecule has 1 aromatic heterocycles. The number of hydrogen-bond donors (Lipinski definition) is 0. The minimum absolute atomic E-state index is 0.301. The van der Waals surface area contributed by atoms with E-state index in [9.17, 15) is 4.79 Å². The Morgan fingerprint density at radius 3 is 2.68 bits per heavy atom. The summed E-state index contributed by atoms with van der Waals surface area (Å²) in [5.41, 5.74) is 3.47. The molecular formula is C15H25N3O. The van der Waals surface area contributed by atoms with E-state index in [-0.39, 0.29) is 0 Å². The first kappa shape index (κ1) is 14.1. The van der Waals surface area contributed by atoms with Crippen LogP contribution in [-0.4, -0.2) is 33.2 Å². The quantitative estimate of drug-likeness (QED) is 0.839. The van der Waals surface area contributed by atoms with Crippen LogP contribution in [0.5, 0.6) is 0 Å². The summed E-state index contributed by atoms with van der Waals surface area (Å²) in [6, 6.07) is 0.414. The number of rotatable bonds is 3. The molecule has 4 nitrogen and oxygen atoms in total. The van der Waals surface area contributed by atoms with Crippen LogP contribution in [-0.2, 0) is 18.3 Å². The van der Waals surface area contributed by atoms with Gasteiger partial charge in [-0.1, -0.05) is 0 Å². The summed E-state index contributed by atoms with van der Waals surface area (Å²) in [4.78, 5) is 14.4. The molecule has 19 heavy (non-hydrogen) atoms. The SMILES string of the molecule is Cc1nn(C)c(C)c1CCC(=O)N1CCCCC1C. The second-order valence-corrected chi connectivity index (χ2v) is 5.70. The van der Waals surface area contributed by atoms with E-state index >= 15 is 0 Å². The number of hydrogen-bond acceptors (Lipinski definition) is 2. The fraction of sp³-hybridized carbons (Fsp3) is 0.733. The third-order valence-electron chi connectivity index (χ3n) is 4.37. The molecule has 1 amide bonds. The zero-order chi connectivity index (χ0) is 14.0. The monoisotopic (exact) mass is 263 g/mol. The summed E-state index contributed by atoms with van der Waals surface area (Å²) in [6.07, 6.45) is 4.98. The van der Waals surface area contributed by atoms with Crippen molar-refractivity contribution in [3.8, 4) is 0 Å². The molecule has 1 atom stereocenters. The zero-order valence-electron chi connectivity index (χ0n) is 12.6. The summed E-state index contributed by atoms with van der Waals surface area (Å²) >= 11 is 0. The van der Waals surface area contributed by atoms with E-state index < -0.39 is 0 Å². The normalized spacial score (nSPS) is 19.8. The van der Waals surface area contributed by atoms with Gasteiger partial charge in [0.05, 0.1) is 5.69 Å². The fourth-order valence-electron chi connectivity index (χ4n) is 3.02. The Balaban J connectivity index is 1.96. The van der Waals surface area contributed by atoms with Gasteiger partial charge in [0.1, 0.15) is 0 Å². The number of amides is 1. The Bertz CT molecular complexity index is 464. The number of likely N-dealkylation sites (tertiary alicyclic amines) is 1. The summed E-state index contributed by atoms with van der Waals surface area (Å²) in [6.45, 7) is 7.20. The fourth-order valence-corrected chi connectivity index (χ4v) is 3.02. The molecule has 2 rings (SSSR count). The molecule has 2 heterocycles. The third-order valence-corrected chi connectivity index (χ3v) is 4.37. The van der Waals surface area contributed by atoms with Crippen molar-refractivity contribution in [1.29, 1.82) is 0 Å². The standard InChI is InChI=1S/C15H25N3O/c1-11-7-5-6-10-18(11)15(19)9-8-14-12(2)16-17(4)13(14)3/h11H,5-10H2,1-4H3. The molecule has 0 aromatic carbocycles.